The van der Waals surface area contributed by atoms with Crippen LogP contribution in [0.1, 0.15) is 16.8 Å². The zero-order valence-corrected chi connectivity index (χ0v) is 15.9. The molecular formula is C20H20ClN3OS. The predicted octanol–water partition coefficient (Wildman–Crippen LogP) is 3.59. The van der Waals surface area contributed by atoms with Gasteiger partial charge in [0.1, 0.15) is 0 Å². The van der Waals surface area contributed by atoms with Gasteiger partial charge in [-0.3, -0.25) is 9.36 Å². The van der Waals surface area contributed by atoms with Gasteiger partial charge in [0.05, 0.1) is 16.9 Å². The molecule has 0 spiro atoms. The third-order valence-electron chi connectivity index (χ3n) is 4.30. The van der Waals surface area contributed by atoms with E-state index in [1.807, 2.05) is 48.5 Å². The zero-order valence-electron chi connectivity index (χ0n) is 14.2. The molecule has 1 aliphatic heterocycles. The fourth-order valence-electron chi connectivity index (χ4n) is 3.01. The Balaban J connectivity index is 0.00000196. The smallest absolute Gasteiger partial charge is 0.263 e. The van der Waals surface area contributed by atoms with Crippen molar-refractivity contribution < 1.29 is 0 Å². The third-order valence-corrected chi connectivity index (χ3v) is 5.31. The van der Waals surface area contributed by atoms with E-state index in [1.165, 1.54) is 5.56 Å². The Labute approximate surface area is 163 Å². The lowest BCUT2D eigenvalue weighted by Crippen LogP contribution is -2.35. The molecule has 0 saturated carbocycles. The van der Waals surface area contributed by atoms with Crippen molar-refractivity contribution in [2.45, 2.75) is 23.9 Å². The minimum atomic E-state index is 0. The van der Waals surface area contributed by atoms with Gasteiger partial charge >= 0.3 is 0 Å². The van der Waals surface area contributed by atoms with Crippen LogP contribution in [0, 0.1) is 0 Å². The lowest BCUT2D eigenvalue weighted by molar-refractivity contribution is 0.595. The van der Waals surface area contributed by atoms with Crippen LogP contribution in [0.2, 0.25) is 0 Å². The molecule has 26 heavy (non-hydrogen) atoms. The fraction of sp³-hybridized carbons (Fsp3) is 0.200. The molecule has 2 heterocycles. The van der Waals surface area contributed by atoms with E-state index in [4.69, 9.17) is 4.98 Å². The van der Waals surface area contributed by atoms with Crippen LogP contribution in [0.5, 0.6) is 0 Å². The number of nitrogens with zero attached hydrogens (tertiary/aromatic N) is 2. The highest BCUT2D eigenvalue weighted by Gasteiger charge is 2.20. The summed E-state index contributed by atoms with van der Waals surface area (Å²) in [5.74, 6) is 0.789. The first-order chi connectivity index (χ1) is 12.3. The number of halogens is 1. The normalized spacial score (nSPS) is 12.9. The van der Waals surface area contributed by atoms with Crippen molar-refractivity contribution in [3.8, 4) is 5.69 Å². The second-order valence-electron chi connectivity index (χ2n) is 6.00. The Kier molecular flexibility index (Phi) is 6.14. The summed E-state index contributed by atoms with van der Waals surface area (Å²) in [4.78, 5) is 18.0. The molecule has 0 unspecified atom stereocenters. The molecule has 0 aliphatic carbocycles. The van der Waals surface area contributed by atoms with E-state index in [0.29, 0.717) is 6.54 Å². The summed E-state index contributed by atoms with van der Waals surface area (Å²) in [7, 11) is 0. The highest BCUT2D eigenvalue weighted by molar-refractivity contribution is 7.98. The van der Waals surface area contributed by atoms with Crippen molar-refractivity contribution in [2.24, 2.45) is 0 Å². The molecule has 2 aromatic carbocycles. The third kappa shape index (κ3) is 3.85. The lowest BCUT2D eigenvalue weighted by atomic mass is 10.1. The molecule has 0 amide bonds. The molecule has 0 bridgehead atoms. The van der Waals surface area contributed by atoms with Gasteiger partial charge in [-0.05, 0) is 17.7 Å². The highest BCUT2D eigenvalue weighted by Crippen LogP contribution is 2.24. The first-order valence-electron chi connectivity index (χ1n) is 8.40. The van der Waals surface area contributed by atoms with E-state index in [-0.39, 0.29) is 18.0 Å². The van der Waals surface area contributed by atoms with Crippen molar-refractivity contribution in [3.63, 3.8) is 0 Å². The number of benzene rings is 2. The zero-order chi connectivity index (χ0) is 17.1. The number of nitrogens with one attached hydrogen (secondary N) is 1. The van der Waals surface area contributed by atoms with Crippen LogP contribution in [-0.2, 0) is 18.7 Å². The summed E-state index contributed by atoms with van der Waals surface area (Å²) in [6.45, 7) is 1.47. The van der Waals surface area contributed by atoms with Crippen molar-refractivity contribution in [1.29, 1.82) is 0 Å². The van der Waals surface area contributed by atoms with E-state index >= 15 is 0 Å². The second-order valence-corrected chi connectivity index (χ2v) is 6.94. The van der Waals surface area contributed by atoms with Gasteiger partial charge in [-0.25, -0.2) is 4.98 Å². The molecule has 1 N–H and O–H groups in total. The van der Waals surface area contributed by atoms with Crippen LogP contribution >= 0.6 is 24.2 Å². The highest BCUT2D eigenvalue weighted by atomic mass is 35.5. The van der Waals surface area contributed by atoms with E-state index in [9.17, 15) is 4.79 Å². The molecule has 1 aliphatic rings. The first kappa shape index (κ1) is 18.7. The Bertz CT molecular complexity index is 929. The maximum Gasteiger partial charge on any atom is 0.263 e. The monoisotopic (exact) mass is 385 g/mol. The van der Waals surface area contributed by atoms with Crippen molar-refractivity contribution in [1.82, 2.24) is 14.9 Å². The summed E-state index contributed by atoms with van der Waals surface area (Å²) < 4.78 is 1.75. The topological polar surface area (TPSA) is 46.9 Å². The predicted molar refractivity (Wildman–Crippen MR) is 108 cm³/mol. The van der Waals surface area contributed by atoms with Gasteiger partial charge in [-0.15, -0.1) is 12.4 Å². The molecule has 4 nitrogen and oxygen atoms in total. The Hall–Kier alpha value is -2.08. The van der Waals surface area contributed by atoms with E-state index in [1.54, 1.807) is 16.3 Å². The summed E-state index contributed by atoms with van der Waals surface area (Å²) in [6.07, 6.45) is 0.805. The van der Waals surface area contributed by atoms with Crippen LogP contribution in [0.3, 0.4) is 0 Å². The van der Waals surface area contributed by atoms with Crippen LogP contribution < -0.4 is 10.9 Å². The molecule has 0 fully saturated rings. The number of hydrogen-bond donors (Lipinski definition) is 1. The van der Waals surface area contributed by atoms with E-state index < -0.39 is 0 Å². The molecule has 6 heteroatoms. The molecule has 3 aromatic rings. The van der Waals surface area contributed by atoms with Crippen molar-refractivity contribution in [2.75, 3.05) is 6.54 Å². The van der Waals surface area contributed by atoms with Crippen LogP contribution in [0.15, 0.2) is 70.6 Å². The summed E-state index contributed by atoms with van der Waals surface area (Å²) in [5, 5.41) is 4.04. The largest absolute Gasteiger partial charge is 0.312 e. The molecule has 0 radical (unpaired) electrons. The van der Waals surface area contributed by atoms with Crippen molar-refractivity contribution >= 4 is 24.2 Å². The fourth-order valence-corrected chi connectivity index (χ4v) is 3.99. The molecule has 134 valence electrons. The van der Waals surface area contributed by atoms with Gasteiger partial charge in [0.2, 0.25) is 0 Å². The minimum absolute atomic E-state index is 0. The maximum absolute atomic E-state index is 13.1. The molecule has 4 rings (SSSR count). The quantitative estimate of drug-likeness (QED) is 0.550. The van der Waals surface area contributed by atoms with Crippen molar-refractivity contribution in [3.05, 3.63) is 87.8 Å². The van der Waals surface area contributed by atoms with Crippen LogP contribution in [0.4, 0.5) is 0 Å². The van der Waals surface area contributed by atoms with E-state index in [2.05, 4.69) is 17.4 Å². The number of hydrogen-bond acceptors (Lipinski definition) is 4. The number of thioether (sulfide) groups is 1. The Morgan fingerprint density at radius 2 is 1.73 bits per heavy atom. The van der Waals surface area contributed by atoms with E-state index in [0.717, 1.165) is 40.8 Å². The molecule has 0 saturated heterocycles. The van der Waals surface area contributed by atoms with Crippen LogP contribution in [0.25, 0.3) is 5.69 Å². The first-order valence-corrected chi connectivity index (χ1v) is 9.39. The molecular weight excluding hydrogens is 366 g/mol. The minimum Gasteiger partial charge on any atom is -0.312 e. The Morgan fingerprint density at radius 1 is 1.04 bits per heavy atom. The average molecular weight is 386 g/mol. The van der Waals surface area contributed by atoms with Crippen LogP contribution in [-0.4, -0.2) is 16.1 Å². The van der Waals surface area contributed by atoms with Gasteiger partial charge in [0.15, 0.2) is 5.16 Å². The lowest BCUT2D eigenvalue weighted by Gasteiger charge is -2.20. The number of fused-ring (bicyclic) bond motifs is 1. The summed E-state index contributed by atoms with van der Waals surface area (Å²) >= 11 is 1.61. The van der Waals surface area contributed by atoms with Gasteiger partial charge in [0, 0.05) is 25.3 Å². The van der Waals surface area contributed by atoms with Gasteiger partial charge in [-0.2, -0.15) is 0 Å². The van der Waals surface area contributed by atoms with Gasteiger partial charge in [0.25, 0.3) is 5.56 Å². The number of rotatable bonds is 4. The van der Waals surface area contributed by atoms with Gasteiger partial charge in [-0.1, -0.05) is 60.3 Å². The average Bonchev–Trinajstić information content (AvgIpc) is 2.68. The standard InChI is InChI=1S/C20H19N3OS.ClH/c24-19-17-13-21-12-11-18(17)22-20(23(19)16-9-5-2-6-10-16)25-14-15-7-3-1-4-8-15;/h1-10,21H,11-14H2;1H. The number of para-hydroxylation sites is 1. The van der Waals surface area contributed by atoms with Gasteiger partial charge < -0.3 is 5.32 Å². The maximum atomic E-state index is 13.1. The number of aromatic nitrogens is 2. The second kappa shape index (κ2) is 8.54. The SMILES string of the molecule is Cl.O=c1c2c(nc(SCc3ccccc3)n1-c1ccccc1)CCNC2. The summed E-state index contributed by atoms with van der Waals surface area (Å²) in [5.41, 5.74) is 3.86. The molecule has 0 atom stereocenters. The molecule has 1 aromatic heterocycles. The Morgan fingerprint density at radius 3 is 2.46 bits per heavy atom. The summed E-state index contributed by atoms with van der Waals surface area (Å²) in [6, 6.07) is 20.0.